The van der Waals surface area contributed by atoms with Crippen molar-refractivity contribution in [2.24, 2.45) is 0 Å². The van der Waals surface area contributed by atoms with Crippen molar-refractivity contribution in [3.8, 4) is 0 Å². The third-order valence-corrected chi connectivity index (χ3v) is 18.5. The summed E-state index contributed by atoms with van der Waals surface area (Å²) in [6, 6.07) is 4.85. The third-order valence-electron chi connectivity index (χ3n) is 7.17. The summed E-state index contributed by atoms with van der Waals surface area (Å²) in [6.07, 6.45) is 1.10. The zero-order valence-electron chi connectivity index (χ0n) is 19.1. The van der Waals surface area contributed by atoms with Crippen LogP contribution in [0.25, 0.3) is 5.57 Å². The first-order valence-electron chi connectivity index (χ1n) is 9.82. The molecule has 0 saturated carbocycles. The second-order valence-corrected chi connectivity index (χ2v) is 21.4. The molecular weight excluding hydrogens is 332 g/mol. The van der Waals surface area contributed by atoms with Crippen LogP contribution in [0.15, 0.2) is 18.7 Å². The molecule has 0 saturated heterocycles. The molecule has 0 aliphatic heterocycles. The van der Waals surface area contributed by atoms with Crippen LogP contribution in [0.1, 0.15) is 66.5 Å². The van der Waals surface area contributed by atoms with Crippen molar-refractivity contribution < 1.29 is 0 Å². The van der Waals surface area contributed by atoms with Crippen LogP contribution in [0.5, 0.6) is 0 Å². The quantitative estimate of drug-likeness (QED) is 0.513. The van der Waals surface area contributed by atoms with Crippen molar-refractivity contribution in [2.45, 2.75) is 98.1 Å². The van der Waals surface area contributed by atoms with Crippen molar-refractivity contribution >= 4 is 32.1 Å². The lowest BCUT2D eigenvalue weighted by Crippen LogP contribution is -2.65. The van der Waals surface area contributed by atoms with Gasteiger partial charge >= 0.3 is 0 Å². The van der Waals surface area contributed by atoms with E-state index in [0.29, 0.717) is 10.1 Å². The Morgan fingerprint density at radius 2 is 1.32 bits per heavy atom. The van der Waals surface area contributed by atoms with E-state index in [1.165, 1.54) is 11.1 Å². The van der Waals surface area contributed by atoms with Gasteiger partial charge in [-0.3, -0.25) is 0 Å². The van der Waals surface area contributed by atoms with Gasteiger partial charge in [-0.05, 0) is 34.5 Å². The van der Waals surface area contributed by atoms with Gasteiger partial charge in [-0.15, -0.1) is 0 Å². The van der Waals surface area contributed by atoms with Crippen LogP contribution >= 0.6 is 0 Å². The fraction of sp³-hybridized carbons (Fsp3) is 0.652. The molecule has 0 radical (unpaired) electrons. The van der Waals surface area contributed by atoms with E-state index in [2.05, 4.69) is 100 Å². The molecule has 0 N–H and O–H groups in total. The van der Waals surface area contributed by atoms with Crippen molar-refractivity contribution in [1.82, 2.24) is 0 Å². The highest BCUT2D eigenvalue weighted by atomic mass is 28.3. The van der Waals surface area contributed by atoms with Crippen molar-refractivity contribution in [3.05, 3.63) is 29.8 Å². The number of benzene rings is 1. The average molecular weight is 375 g/mol. The van der Waals surface area contributed by atoms with Gasteiger partial charge in [-0.25, -0.2) is 0 Å². The van der Waals surface area contributed by atoms with E-state index in [1.54, 1.807) is 15.9 Å². The number of rotatable bonds is 4. The topological polar surface area (TPSA) is 0 Å². The molecule has 2 heteroatoms. The minimum absolute atomic E-state index is 0.335. The molecule has 0 aliphatic rings. The van der Waals surface area contributed by atoms with E-state index < -0.39 is 16.1 Å². The summed E-state index contributed by atoms with van der Waals surface area (Å²) < 4.78 is 0. The van der Waals surface area contributed by atoms with Crippen molar-refractivity contribution in [3.63, 3.8) is 0 Å². The van der Waals surface area contributed by atoms with Gasteiger partial charge in [0, 0.05) is 0 Å². The van der Waals surface area contributed by atoms with Gasteiger partial charge in [0.25, 0.3) is 0 Å². The Balaban J connectivity index is 4.04. The Morgan fingerprint density at radius 1 is 0.880 bits per heavy atom. The monoisotopic (exact) mass is 374 g/mol. The second kappa shape index (κ2) is 6.85. The standard InChI is InChI=1S/C23H42Si2/c1-14-18-19(17(2)3)15-16-20(24(10,11)22(4,5)6)21(18)25(12,13)23(7,8)9/h15-16H,2,14H2,1,3-13H3. The number of hydrogen-bond donors (Lipinski definition) is 0. The Morgan fingerprint density at radius 3 is 1.64 bits per heavy atom. The van der Waals surface area contributed by atoms with E-state index in [4.69, 9.17) is 0 Å². The highest BCUT2D eigenvalue weighted by molar-refractivity contribution is 7.01. The van der Waals surface area contributed by atoms with Gasteiger partial charge in [0.2, 0.25) is 0 Å². The summed E-state index contributed by atoms with van der Waals surface area (Å²) in [5.41, 5.74) is 4.18. The van der Waals surface area contributed by atoms with E-state index >= 15 is 0 Å². The summed E-state index contributed by atoms with van der Waals surface area (Å²) in [5.74, 6) is 0. The first kappa shape index (κ1) is 22.4. The first-order valence-corrected chi connectivity index (χ1v) is 15.8. The molecule has 0 heterocycles. The number of allylic oxidation sites excluding steroid dienone is 1. The third kappa shape index (κ3) is 3.90. The van der Waals surface area contributed by atoms with Gasteiger partial charge in [-0.1, -0.05) is 109 Å². The molecule has 25 heavy (non-hydrogen) atoms. The first-order chi connectivity index (χ1) is 11.0. The van der Waals surface area contributed by atoms with Crippen molar-refractivity contribution in [1.29, 1.82) is 0 Å². The maximum absolute atomic E-state index is 4.29. The molecular formula is C23H42Si2. The molecule has 0 unspecified atom stereocenters. The predicted octanol–water partition coefficient (Wildman–Crippen LogP) is 6.71. The molecule has 0 atom stereocenters. The Kier molecular flexibility index (Phi) is 6.14. The molecule has 0 fully saturated rings. The van der Waals surface area contributed by atoms with Crippen LogP contribution in [0.2, 0.25) is 36.3 Å². The largest absolute Gasteiger partial charge is 0.0955 e. The van der Waals surface area contributed by atoms with Crippen LogP contribution in [0, 0.1) is 0 Å². The molecule has 0 bridgehead atoms. The highest BCUT2D eigenvalue weighted by Crippen LogP contribution is 2.40. The molecule has 0 aromatic heterocycles. The molecule has 142 valence electrons. The smallest absolute Gasteiger partial charge is 0.0861 e. The highest BCUT2D eigenvalue weighted by Gasteiger charge is 2.45. The summed E-state index contributed by atoms with van der Waals surface area (Å²) in [5, 5.41) is 4.13. The Hall–Kier alpha value is -0.606. The fourth-order valence-electron chi connectivity index (χ4n) is 3.43. The maximum Gasteiger partial charge on any atom is 0.0861 e. The summed E-state index contributed by atoms with van der Waals surface area (Å²) >= 11 is 0. The predicted molar refractivity (Wildman–Crippen MR) is 124 cm³/mol. The Bertz CT molecular complexity index is 650. The minimum Gasteiger partial charge on any atom is -0.0955 e. The van der Waals surface area contributed by atoms with E-state index in [-0.39, 0.29) is 0 Å². The summed E-state index contributed by atoms with van der Waals surface area (Å²) in [4.78, 5) is 0. The molecule has 1 aromatic carbocycles. The fourth-order valence-corrected chi connectivity index (χ4v) is 9.96. The zero-order chi connectivity index (χ0) is 20.0. The minimum atomic E-state index is -1.66. The molecule has 0 amide bonds. The van der Waals surface area contributed by atoms with Crippen LogP contribution in [0.3, 0.4) is 0 Å². The van der Waals surface area contributed by atoms with E-state index in [9.17, 15) is 0 Å². The lowest BCUT2D eigenvalue weighted by atomic mass is 10.00. The normalized spacial score (nSPS) is 13.9. The van der Waals surface area contributed by atoms with Gasteiger partial charge in [0.1, 0.15) is 0 Å². The SMILES string of the molecule is C=C(C)c1ccc([Si](C)(C)C(C)(C)C)c([Si](C)(C)C(C)(C)C)c1CC. The maximum atomic E-state index is 4.29. The molecule has 0 aliphatic carbocycles. The lowest BCUT2D eigenvalue weighted by molar-refractivity contribution is 0.725. The molecule has 0 nitrogen and oxygen atoms in total. The molecule has 0 spiro atoms. The molecule has 1 rings (SSSR count). The van der Waals surface area contributed by atoms with E-state index in [1.807, 2.05) is 0 Å². The van der Waals surface area contributed by atoms with Gasteiger partial charge < -0.3 is 0 Å². The summed E-state index contributed by atoms with van der Waals surface area (Å²) in [6.45, 7) is 33.7. The second-order valence-electron chi connectivity index (χ2n) is 10.9. The van der Waals surface area contributed by atoms with Gasteiger partial charge in [0.15, 0.2) is 0 Å². The van der Waals surface area contributed by atoms with E-state index in [0.717, 1.165) is 6.42 Å². The zero-order valence-corrected chi connectivity index (χ0v) is 21.1. The lowest BCUT2D eigenvalue weighted by Gasteiger charge is -2.46. The van der Waals surface area contributed by atoms with Crippen LogP contribution < -0.4 is 10.4 Å². The molecule has 1 aromatic rings. The van der Waals surface area contributed by atoms with Gasteiger partial charge in [-0.2, -0.15) is 0 Å². The van der Waals surface area contributed by atoms with Crippen LogP contribution in [0.4, 0.5) is 0 Å². The van der Waals surface area contributed by atoms with Crippen LogP contribution in [-0.4, -0.2) is 16.1 Å². The number of hydrogen-bond acceptors (Lipinski definition) is 0. The summed E-state index contributed by atoms with van der Waals surface area (Å²) in [7, 11) is -3.28. The van der Waals surface area contributed by atoms with Crippen molar-refractivity contribution in [2.75, 3.05) is 0 Å². The average Bonchev–Trinajstić information content (AvgIpc) is 2.42. The van der Waals surface area contributed by atoms with Crippen LogP contribution in [-0.2, 0) is 6.42 Å². The Labute approximate surface area is 160 Å². The van der Waals surface area contributed by atoms with Gasteiger partial charge in [0.05, 0.1) is 16.1 Å².